The number of hydrogen-bond donors (Lipinski definition) is 1. The lowest BCUT2D eigenvalue weighted by Crippen LogP contribution is -2.32. The highest BCUT2D eigenvalue weighted by Crippen LogP contribution is 2.29. The number of ether oxygens (including phenoxy) is 4. The van der Waals surface area contributed by atoms with E-state index in [9.17, 15) is 0 Å². The van der Waals surface area contributed by atoms with Crippen molar-refractivity contribution in [3.8, 4) is 23.0 Å². The first-order valence-electron chi connectivity index (χ1n) is 13.4. The summed E-state index contributed by atoms with van der Waals surface area (Å²) in [6.45, 7) is 9.82. The molecule has 0 heterocycles. The smallest absolute Gasteiger partial charge is 0.161 e. The molecule has 3 rings (SSSR count). The van der Waals surface area contributed by atoms with Crippen LogP contribution in [0.5, 0.6) is 23.0 Å². The molecule has 0 aromatic heterocycles. The van der Waals surface area contributed by atoms with Gasteiger partial charge in [0.2, 0.25) is 0 Å². The van der Waals surface area contributed by atoms with Gasteiger partial charge in [0.15, 0.2) is 23.0 Å². The van der Waals surface area contributed by atoms with E-state index < -0.39 is 0 Å². The fraction of sp³-hybridized carbons (Fsp3) is 0.394. The normalized spacial score (nSPS) is 11.7. The average Bonchev–Trinajstić information content (AvgIpc) is 2.95. The number of nitrogens with zero attached hydrogens (tertiary/aromatic N) is 1. The predicted octanol–water partition coefficient (Wildman–Crippen LogP) is 6.76. The Balaban J connectivity index is 1.70. The molecule has 0 spiro atoms. The summed E-state index contributed by atoms with van der Waals surface area (Å²) < 4.78 is 21.8. The lowest BCUT2D eigenvalue weighted by atomic mass is 10.1. The van der Waals surface area contributed by atoms with Gasteiger partial charge in [-0.15, -0.1) is 0 Å². The van der Waals surface area contributed by atoms with Gasteiger partial charge < -0.3 is 24.3 Å². The monoisotopic (exact) mass is 532 g/mol. The van der Waals surface area contributed by atoms with Crippen LogP contribution in [0.1, 0.15) is 49.4 Å². The fourth-order valence-electron chi connectivity index (χ4n) is 4.55. The molecule has 3 aromatic carbocycles. The minimum absolute atomic E-state index is 0.375. The van der Waals surface area contributed by atoms with Gasteiger partial charge in [0.25, 0.3) is 0 Å². The minimum atomic E-state index is 0.375. The third-order valence-electron chi connectivity index (χ3n) is 6.81. The van der Waals surface area contributed by atoms with Crippen molar-refractivity contribution in [3.05, 3.63) is 94.6 Å². The van der Waals surface area contributed by atoms with Crippen molar-refractivity contribution in [1.82, 2.24) is 10.2 Å². The Labute approximate surface area is 234 Å². The van der Waals surface area contributed by atoms with Gasteiger partial charge in [-0.1, -0.05) is 48.0 Å². The largest absolute Gasteiger partial charge is 0.493 e. The zero-order valence-electron chi connectivity index (χ0n) is 24.5. The Morgan fingerprint density at radius 1 is 0.692 bits per heavy atom. The van der Waals surface area contributed by atoms with Crippen LogP contribution >= 0.6 is 0 Å². The Hall–Kier alpha value is -3.48. The highest BCUT2D eigenvalue weighted by atomic mass is 16.5. The van der Waals surface area contributed by atoms with E-state index in [0.717, 1.165) is 61.2 Å². The summed E-state index contributed by atoms with van der Waals surface area (Å²) >= 11 is 0. The van der Waals surface area contributed by atoms with E-state index in [2.05, 4.69) is 79.5 Å². The molecule has 210 valence electrons. The van der Waals surface area contributed by atoms with E-state index in [0.29, 0.717) is 6.04 Å². The molecule has 0 bridgehead atoms. The molecule has 0 saturated heterocycles. The molecule has 6 nitrogen and oxygen atoms in total. The standard InChI is InChI=1S/C33H44N2O4/c1-24(2)11-12-25(3)35(23-29-14-16-31(37-5)33(19-29)39-7)22-28-10-8-9-26(17-28)20-34-21-27-13-15-30(36-4)32(18-27)38-6/h8-11,13-19,25,34H,12,20-23H2,1-7H3. The first kappa shape index (κ1) is 30.1. The topological polar surface area (TPSA) is 52.2 Å². The third-order valence-corrected chi connectivity index (χ3v) is 6.81. The second-order valence-electron chi connectivity index (χ2n) is 10.1. The number of allylic oxidation sites excluding steroid dienone is 1. The summed E-state index contributed by atoms with van der Waals surface area (Å²) in [5.41, 5.74) is 6.25. The highest BCUT2D eigenvalue weighted by Gasteiger charge is 2.16. The molecule has 1 atom stereocenters. The van der Waals surface area contributed by atoms with Crippen molar-refractivity contribution >= 4 is 0 Å². The Morgan fingerprint density at radius 3 is 1.74 bits per heavy atom. The van der Waals surface area contributed by atoms with Gasteiger partial charge in [-0.3, -0.25) is 4.90 Å². The van der Waals surface area contributed by atoms with Crippen molar-refractivity contribution < 1.29 is 18.9 Å². The molecule has 0 aliphatic rings. The van der Waals surface area contributed by atoms with Gasteiger partial charge in [-0.2, -0.15) is 0 Å². The lowest BCUT2D eigenvalue weighted by molar-refractivity contribution is 0.191. The minimum Gasteiger partial charge on any atom is -0.493 e. The molecule has 0 saturated carbocycles. The second-order valence-corrected chi connectivity index (χ2v) is 10.1. The van der Waals surface area contributed by atoms with Gasteiger partial charge >= 0.3 is 0 Å². The van der Waals surface area contributed by atoms with Gasteiger partial charge in [0, 0.05) is 32.2 Å². The Morgan fingerprint density at radius 2 is 1.18 bits per heavy atom. The number of nitrogens with one attached hydrogen (secondary N) is 1. The van der Waals surface area contributed by atoms with Gasteiger partial charge in [-0.25, -0.2) is 0 Å². The summed E-state index contributed by atoms with van der Waals surface area (Å²) in [6.07, 6.45) is 3.32. The summed E-state index contributed by atoms with van der Waals surface area (Å²) in [4.78, 5) is 2.52. The summed E-state index contributed by atoms with van der Waals surface area (Å²) in [5.74, 6) is 2.99. The highest BCUT2D eigenvalue weighted by molar-refractivity contribution is 5.43. The predicted molar refractivity (Wildman–Crippen MR) is 159 cm³/mol. The molecule has 39 heavy (non-hydrogen) atoms. The second kappa shape index (κ2) is 15.2. The fourth-order valence-corrected chi connectivity index (χ4v) is 4.55. The lowest BCUT2D eigenvalue weighted by Gasteiger charge is -2.29. The van der Waals surface area contributed by atoms with Gasteiger partial charge in [0.05, 0.1) is 28.4 Å². The van der Waals surface area contributed by atoms with Crippen molar-refractivity contribution in [3.63, 3.8) is 0 Å². The molecular formula is C33H44N2O4. The van der Waals surface area contributed by atoms with E-state index >= 15 is 0 Å². The van der Waals surface area contributed by atoms with Gasteiger partial charge in [0.1, 0.15) is 0 Å². The van der Waals surface area contributed by atoms with E-state index in [1.54, 1.807) is 28.4 Å². The molecule has 0 aliphatic heterocycles. The molecule has 3 aromatic rings. The van der Waals surface area contributed by atoms with E-state index in [1.807, 2.05) is 18.2 Å². The van der Waals surface area contributed by atoms with E-state index in [4.69, 9.17) is 18.9 Å². The van der Waals surface area contributed by atoms with Crippen molar-refractivity contribution in [2.24, 2.45) is 0 Å². The number of methoxy groups -OCH3 is 4. The van der Waals surface area contributed by atoms with Crippen LogP contribution in [0.25, 0.3) is 0 Å². The van der Waals surface area contributed by atoms with Crippen LogP contribution in [0.2, 0.25) is 0 Å². The molecular weight excluding hydrogens is 488 g/mol. The maximum Gasteiger partial charge on any atom is 0.161 e. The molecule has 0 aliphatic carbocycles. The zero-order chi connectivity index (χ0) is 28.2. The average molecular weight is 533 g/mol. The van der Waals surface area contributed by atoms with Crippen molar-refractivity contribution in [1.29, 1.82) is 0 Å². The summed E-state index contributed by atoms with van der Waals surface area (Å²) in [7, 11) is 6.66. The Bertz CT molecular complexity index is 1220. The van der Waals surface area contributed by atoms with Crippen LogP contribution in [0.4, 0.5) is 0 Å². The van der Waals surface area contributed by atoms with Crippen LogP contribution in [0, 0.1) is 0 Å². The molecule has 0 amide bonds. The summed E-state index contributed by atoms with van der Waals surface area (Å²) in [6, 6.07) is 21.4. The molecule has 0 fully saturated rings. The van der Waals surface area contributed by atoms with E-state index in [1.165, 1.54) is 22.3 Å². The number of benzene rings is 3. The van der Waals surface area contributed by atoms with Gasteiger partial charge in [-0.05, 0) is 73.7 Å². The van der Waals surface area contributed by atoms with Crippen LogP contribution < -0.4 is 24.3 Å². The Kier molecular flexibility index (Phi) is 11.7. The number of rotatable bonds is 15. The zero-order valence-corrected chi connectivity index (χ0v) is 24.5. The quantitative estimate of drug-likeness (QED) is 0.218. The maximum atomic E-state index is 5.55. The van der Waals surface area contributed by atoms with Crippen molar-refractivity contribution in [2.45, 2.75) is 59.4 Å². The van der Waals surface area contributed by atoms with Crippen LogP contribution in [0.3, 0.4) is 0 Å². The molecule has 1 unspecified atom stereocenters. The maximum absolute atomic E-state index is 5.55. The summed E-state index contributed by atoms with van der Waals surface area (Å²) in [5, 5.41) is 3.56. The first-order chi connectivity index (χ1) is 18.9. The molecule has 0 radical (unpaired) electrons. The number of hydrogen-bond acceptors (Lipinski definition) is 6. The van der Waals surface area contributed by atoms with Crippen LogP contribution in [-0.4, -0.2) is 39.4 Å². The van der Waals surface area contributed by atoms with E-state index in [-0.39, 0.29) is 0 Å². The third kappa shape index (κ3) is 9.05. The first-order valence-corrected chi connectivity index (χ1v) is 13.4. The molecule has 6 heteroatoms. The molecule has 1 N–H and O–H groups in total. The SMILES string of the molecule is COc1ccc(CNCc2cccc(CN(Cc3ccc(OC)c(OC)c3)C(C)CC=C(C)C)c2)cc1OC. The van der Waals surface area contributed by atoms with Crippen molar-refractivity contribution in [2.75, 3.05) is 28.4 Å². The van der Waals surface area contributed by atoms with Crippen LogP contribution in [0.15, 0.2) is 72.3 Å². The van der Waals surface area contributed by atoms with Crippen LogP contribution in [-0.2, 0) is 26.2 Å².